The SMILES string of the molecule is OC(CF)[C@@H]1C[C@@H](O)CO1. The summed E-state index contributed by atoms with van der Waals surface area (Å²) in [5, 5.41) is 17.7. The van der Waals surface area contributed by atoms with Crippen molar-refractivity contribution in [2.45, 2.75) is 24.7 Å². The summed E-state index contributed by atoms with van der Waals surface area (Å²) < 4.78 is 16.6. The van der Waals surface area contributed by atoms with Gasteiger partial charge in [0.1, 0.15) is 12.8 Å². The second-order valence-electron chi connectivity index (χ2n) is 2.48. The second kappa shape index (κ2) is 3.27. The summed E-state index contributed by atoms with van der Waals surface area (Å²) in [5.74, 6) is 0. The molecule has 0 saturated carbocycles. The lowest BCUT2D eigenvalue weighted by Gasteiger charge is -2.12. The number of hydrogen-bond acceptors (Lipinski definition) is 3. The Kier molecular flexibility index (Phi) is 2.59. The van der Waals surface area contributed by atoms with E-state index in [1.807, 2.05) is 0 Å². The zero-order valence-corrected chi connectivity index (χ0v) is 5.53. The molecule has 4 heteroatoms. The van der Waals surface area contributed by atoms with Crippen LogP contribution in [0.2, 0.25) is 0 Å². The van der Waals surface area contributed by atoms with Crippen LogP contribution in [0.4, 0.5) is 4.39 Å². The van der Waals surface area contributed by atoms with Crippen LogP contribution in [-0.2, 0) is 4.74 Å². The van der Waals surface area contributed by atoms with Gasteiger partial charge < -0.3 is 14.9 Å². The highest BCUT2D eigenvalue weighted by Gasteiger charge is 2.29. The van der Waals surface area contributed by atoms with Crippen LogP contribution < -0.4 is 0 Å². The van der Waals surface area contributed by atoms with Gasteiger partial charge in [0.05, 0.1) is 18.8 Å². The maximum absolute atomic E-state index is 11.8. The summed E-state index contributed by atoms with van der Waals surface area (Å²) in [6.45, 7) is -0.598. The molecule has 1 fully saturated rings. The normalized spacial score (nSPS) is 36.3. The third-order valence-electron chi connectivity index (χ3n) is 1.59. The number of halogens is 1. The van der Waals surface area contributed by atoms with Gasteiger partial charge in [-0.2, -0.15) is 0 Å². The highest BCUT2D eigenvalue weighted by Crippen LogP contribution is 2.16. The van der Waals surface area contributed by atoms with E-state index < -0.39 is 25.0 Å². The topological polar surface area (TPSA) is 49.7 Å². The van der Waals surface area contributed by atoms with Crippen LogP contribution in [0.25, 0.3) is 0 Å². The van der Waals surface area contributed by atoms with Gasteiger partial charge in [0.15, 0.2) is 0 Å². The lowest BCUT2D eigenvalue weighted by molar-refractivity contribution is -0.0139. The van der Waals surface area contributed by atoms with E-state index in [1.165, 1.54) is 0 Å². The van der Waals surface area contributed by atoms with Gasteiger partial charge in [0.2, 0.25) is 0 Å². The number of aliphatic hydroxyl groups excluding tert-OH is 2. The van der Waals surface area contributed by atoms with Gasteiger partial charge in [-0.05, 0) is 0 Å². The van der Waals surface area contributed by atoms with E-state index in [4.69, 9.17) is 14.9 Å². The molecular formula is C6H11FO3. The monoisotopic (exact) mass is 150 g/mol. The molecule has 1 aliphatic heterocycles. The Hall–Kier alpha value is -0.190. The summed E-state index contributed by atoms with van der Waals surface area (Å²) >= 11 is 0. The van der Waals surface area contributed by atoms with Crippen molar-refractivity contribution in [3.63, 3.8) is 0 Å². The third-order valence-corrected chi connectivity index (χ3v) is 1.59. The van der Waals surface area contributed by atoms with Crippen LogP contribution in [0.15, 0.2) is 0 Å². The molecule has 0 bridgehead atoms. The molecule has 0 radical (unpaired) electrons. The third kappa shape index (κ3) is 1.65. The van der Waals surface area contributed by atoms with E-state index in [1.54, 1.807) is 0 Å². The molecule has 0 aromatic carbocycles. The molecule has 1 unspecified atom stereocenters. The van der Waals surface area contributed by atoms with E-state index >= 15 is 0 Å². The molecule has 1 saturated heterocycles. The first-order chi connectivity index (χ1) is 4.74. The maximum atomic E-state index is 11.8. The molecular weight excluding hydrogens is 139 g/mol. The summed E-state index contributed by atoms with van der Waals surface area (Å²) in [6.07, 6.45) is -1.78. The Bertz CT molecular complexity index is 109. The van der Waals surface area contributed by atoms with E-state index in [0.29, 0.717) is 6.42 Å². The Balaban J connectivity index is 2.29. The fraction of sp³-hybridized carbons (Fsp3) is 1.00. The van der Waals surface area contributed by atoms with Crippen molar-refractivity contribution in [2.75, 3.05) is 13.3 Å². The van der Waals surface area contributed by atoms with E-state index in [2.05, 4.69) is 0 Å². The minimum Gasteiger partial charge on any atom is -0.391 e. The first-order valence-corrected chi connectivity index (χ1v) is 3.27. The minimum atomic E-state index is -1.07. The predicted molar refractivity (Wildman–Crippen MR) is 32.3 cm³/mol. The van der Waals surface area contributed by atoms with E-state index in [0.717, 1.165) is 0 Å². The van der Waals surface area contributed by atoms with Crippen molar-refractivity contribution in [1.82, 2.24) is 0 Å². The summed E-state index contributed by atoms with van der Waals surface area (Å²) in [5.41, 5.74) is 0. The van der Waals surface area contributed by atoms with Gasteiger partial charge in [0, 0.05) is 6.42 Å². The van der Waals surface area contributed by atoms with Crippen molar-refractivity contribution >= 4 is 0 Å². The van der Waals surface area contributed by atoms with Gasteiger partial charge in [0.25, 0.3) is 0 Å². The van der Waals surface area contributed by atoms with Crippen LogP contribution in [0.1, 0.15) is 6.42 Å². The Morgan fingerprint density at radius 1 is 1.70 bits per heavy atom. The number of alkyl halides is 1. The molecule has 3 atom stereocenters. The van der Waals surface area contributed by atoms with Gasteiger partial charge in [-0.1, -0.05) is 0 Å². The molecule has 2 N–H and O–H groups in total. The van der Waals surface area contributed by atoms with Crippen LogP contribution in [0.5, 0.6) is 0 Å². The first-order valence-electron chi connectivity index (χ1n) is 3.27. The highest BCUT2D eigenvalue weighted by atomic mass is 19.1. The van der Waals surface area contributed by atoms with Crippen molar-refractivity contribution in [2.24, 2.45) is 0 Å². The lowest BCUT2D eigenvalue weighted by Crippen LogP contribution is -2.27. The van der Waals surface area contributed by atoms with E-state index in [-0.39, 0.29) is 6.61 Å². The molecule has 0 amide bonds. The molecule has 1 rings (SSSR count). The molecule has 1 heterocycles. The number of rotatable bonds is 2. The Morgan fingerprint density at radius 3 is 2.80 bits per heavy atom. The van der Waals surface area contributed by atoms with Crippen molar-refractivity contribution in [3.8, 4) is 0 Å². The number of hydrogen-bond donors (Lipinski definition) is 2. The number of ether oxygens (including phenoxy) is 1. The zero-order chi connectivity index (χ0) is 7.56. The molecule has 1 aliphatic rings. The second-order valence-corrected chi connectivity index (χ2v) is 2.48. The maximum Gasteiger partial charge on any atom is 0.118 e. The van der Waals surface area contributed by atoms with Gasteiger partial charge in [-0.25, -0.2) is 4.39 Å². The molecule has 0 aromatic rings. The lowest BCUT2D eigenvalue weighted by atomic mass is 10.1. The standard InChI is InChI=1S/C6H11FO3/c7-2-5(9)6-1-4(8)3-10-6/h4-6,8-9H,1-3H2/t4-,5?,6+/m1/s1. The Labute approximate surface area is 58.4 Å². The molecule has 10 heavy (non-hydrogen) atoms. The summed E-state index contributed by atoms with van der Waals surface area (Å²) in [6, 6.07) is 0. The predicted octanol–water partition coefficient (Wildman–Crippen LogP) is -0.533. The van der Waals surface area contributed by atoms with Crippen molar-refractivity contribution in [1.29, 1.82) is 0 Å². The molecule has 60 valence electrons. The van der Waals surface area contributed by atoms with Crippen LogP contribution >= 0.6 is 0 Å². The van der Waals surface area contributed by atoms with E-state index in [9.17, 15) is 4.39 Å². The smallest absolute Gasteiger partial charge is 0.118 e. The average Bonchev–Trinajstić information content (AvgIpc) is 2.34. The van der Waals surface area contributed by atoms with Crippen LogP contribution in [0, 0.1) is 0 Å². The molecule has 0 spiro atoms. The van der Waals surface area contributed by atoms with Gasteiger partial charge in [-0.15, -0.1) is 0 Å². The van der Waals surface area contributed by atoms with Crippen molar-refractivity contribution < 1.29 is 19.3 Å². The number of aliphatic hydroxyl groups is 2. The molecule has 0 aliphatic carbocycles. The Morgan fingerprint density at radius 2 is 2.40 bits per heavy atom. The summed E-state index contributed by atoms with van der Waals surface area (Å²) in [7, 11) is 0. The molecule has 3 nitrogen and oxygen atoms in total. The minimum absolute atomic E-state index is 0.210. The first kappa shape index (κ1) is 7.91. The largest absolute Gasteiger partial charge is 0.391 e. The van der Waals surface area contributed by atoms with Gasteiger partial charge >= 0.3 is 0 Å². The van der Waals surface area contributed by atoms with Crippen molar-refractivity contribution in [3.05, 3.63) is 0 Å². The van der Waals surface area contributed by atoms with Crippen LogP contribution in [-0.4, -0.2) is 41.8 Å². The summed E-state index contributed by atoms with van der Waals surface area (Å²) in [4.78, 5) is 0. The highest BCUT2D eigenvalue weighted by molar-refractivity contribution is 4.78. The molecule has 0 aromatic heterocycles. The van der Waals surface area contributed by atoms with Gasteiger partial charge in [-0.3, -0.25) is 0 Å². The fourth-order valence-electron chi connectivity index (χ4n) is 1.01. The quantitative estimate of drug-likeness (QED) is 0.556. The average molecular weight is 150 g/mol. The zero-order valence-electron chi connectivity index (χ0n) is 5.53. The van der Waals surface area contributed by atoms with Crippen LogP contribution in [0.3, 0.4) is 0 Å². The fourth-order valence-corrected chi connectivity index (χ4v) is 1.01.